The van der Waals surface area contributed by atoms with E-state index in [1.807, 2.05) is 10.9 Å². The van der Waals surface area contributed by atoms with Crippen LogP contribution >= 0.6 is 0 Å². The second kappa shape index (κ2) is 6.20. The van der Waals surface area contributed by atoms with E-state index in [0.29, 0.717) is 12.3 Å². The van der Waals surface area contributed by atoms with Crippen molar-refractivity contribution < 1.29 is 9.59 Å². The molecule has 2 heterocycles. The highest BCUT2D eigenvalue weighted by atomic mass is 16.2. The second-order valence-electron chi connectivity index (χ2n) is 6.00. The first-order valence-corrected chi connectivity index (χ1v) is 7.37. The number of carbonyl (C=O) groups is 2. The molecule has 0 aromatic carbocycles. The van der Waals surface area contributed by atoms with E-state index in [1.165, 1.54) is 0 Å². The zero-order valence-electron chi connectivity index (χ0n) is 12.4. The number of aryl methyl sites for hydroxylation is 1. The predicted molar refractivity (Wildman–Crippen MR) is 76.0 cm³/mol. The topological polar surface area (TPSA) is 64.0 Å². The molecule has 20 heavy (non-hydrogen) atoms. The van der Waals surface area contributed by atoms with Gasteiger partial charge in [0.2, 0.25) is 11.8 Å². The third-order valence-electron chi connectivity index (χ3n) is 3.75. The lowest BCUT2D eigenvalue weighted by atomic mass is 9.77. The molecule has 0 radical (unpaired) electrons. The van der Waals surface area contributed by atoms with Crippen molar-refractivity contribution in [3.8, 4) is 0 Å². The van der Waals surface area contributed by atoms with E-state index in [9.17, 15) is 9.59 Å². The summed E-state index contributed by atoms with van der Waals surface area (Å²) in [5, 5.41) is 6.78. The van der Waals surface area contributed by atoms with Crippen LogP contribution in [0.15, 0.2) is 12.4 Å². The first-order chi connectivity index (χ1) is 9.51. The van der Waals surface area contributed by atoms with E-state index in [-0.39, 0.29) is 23.7 Å². The maximum absolute atomic E-state index is 12.1. The molecule has 1 fully saturated rings. The van der Waals surface area contributed by atoms with E-state index < -0.39 is 0 Å². The fourth-order valence-electron chi connectivity index (χ4n) is 2.86. The first kappa shape index (κ1) is 14.8. The number of amides is 2. The highest BCUT2D eigenvalue weighted by Gasteiger charge is 2.37. The van der Waals surface area contributed by atoms with Crippen LogP contribution in [0.25, 0.3) is 0 Å². The van der Waals surface area contributed by atoms with Crippen LogP contribution in [0.2, 0.25) is 0 Å². The van der Waals surface area contributed by atoms with Crippen molar-refractivity contribution in [1.82, 2.24) is 15.1 Å². The summed E-state index contributed by atoms with van der Waals surface area (Å²) in [6, 6.07) is 0. The van der Waals surface area contributed by atoms with Gasteiger partial charge < -0.3 is 0 Å². The Balaban J connectivity index is 2.22. The Bertz CT molecular complexity index is 493. The molecule has 0 spiro atoms. The van der Waals surface area contributed by atoms with Crippen LogP contribution in [-0.2, 0) is 16.1 Å². The summed E-state index contributed by atoms with van der Waals surface area (Å²) >= 11 is 0. The summed E-state index contributed by atoms with van der Waals surface area (Å²) in [4.78, 5) is 23.8. The summed E-state index contributed by atoms with van der Waals surface area (Å²) in [6.45, 7) is 7.16. The molecular weight excluding hydrogens is 254 g/mol. The number of hydrogen-bond donors (Lipinski definition) is 1. The average Bonchev–Trinajstić information content (AvgIpc) is 2.81. The van der Waals surface area contributed by atoms with Crippen LogP contribution < -0.4 is 5.32 Å². The largest absolute Gasteiger partial charge is 0.296 e. The SMILES string of the molecule is CCCn1cc(C2CC(=O)NC(=O)C2CC(C)C)cn1. The van der Waals surface area contributed by atoms with Crippen LogP contribution in [-0.4, -0.2) is 21.6 Å². The van der Waals surface area contributed by atoms with Gasteiger partial charge in [-0.1, -0.05) is 20.8 Å². The van der Waals surface area contributed by atoms with E-state index in [2.05, 4.69) is 31.2 Å². The molecule has 0 saturated carbocycles. The van der Waals surface area contributed by atoms with Gasteiger partial charge in [0.15, 0.2) is 0 Å². The van der Waals surface area contributed by atoms with E-state index in [0.717, 1.165) is 24.9 Å². The fraction of sp³-hybridized carbons (Fsp3) is 0.667. The maximum Gasteiger partial charge on any atom is 0.230 e. The molecule has 1 aromatic heterocycles. The smallest absolute Gasteiger partial charge is 0.230 e. The number of piperidine rings is 1. The van der Waals surface area contributed by atoms with Gasteiger partial charge in [0, 0.05) is 31.0 Å². The normalized spacial score (nSPS) is 23.2. The standard InChI is InChI=1S/C15H23N3O2/c1-4-5-18-9-11(8-16-18)12-7-14(19)17-15(20)13(12)6-10(2)3/h8-10,12-13H,4-7H2,1-3H3,(H,17,19,20). The van der Waals surface area contributed by atoms with Crippen LogP contribution in [0.3, 0.4) is 0 Å². The molecule has 2 unspecified atom stereocenters. The van der Waals surface area contributed by atoms with Crippen molar-refractivity contribution in [2.45, 2.75) is 52.5 Å². The third-order valence-corrected chi connectivity index (χ3v) is 3.75. The summed E-state index contributed by atoms with van der Waals surface area (Å²) < 4.78 is 1.89. The molecular formula is C15H23N3O2. The lowest BCUT2D eigenvalue weighted by molar-refractivity contribution is -0.137. The lowest BCUT2D eigenvalue weighted by Gasteiger charge is -2.30. The fourth-order valence-corrected chi connectivity index (χ4v) is 2.86. The molecule has 110 valence electrons. The second-order valence-corrected chi connectivity index (χ2v) is 6.00. The lowest BCUT2D eigenvalue weighted by Crippen LogP contribution is -2.45. The van der Waals surface area contributed by atoms with Gasteiger partial charge in [0.25, 0.3) is 0 Å². The Hall–Kier alpha value is -1.65. The number of rotatable bonds is 5. The molecule has 1 aliphatic heterocycles. The zero-order valence-corrected chi connectivity index (χ0v) is 12.4. The third kappa shape index (κ3) is 3.26. The Kier molecular flexibility index (Phi) is 4.57. The number of nitrogens with zero attached hydrogens (tertiary/aromatic N) is 2. The Morgan fingerprint density at radius 1 is 1.45 bits per heavy atom. The van der Waals surface area contributed by atoms with Crippen LogP contribution in [0.4, 0.5) is 0 Å². The molecule has 1 N–H and O–H groups in total. The molecule has 2 rings (SSSR count). The van der Waals surface area contributed by atoms with Crippen LogP contribution in [0.1, 0.15) is 51.5 Å². The minimum absolute atomic E-state index is 0.0377. The van der Waals surface area contributed by atoms with Crippen molar-refractivity contribution in [2.75, 3.05) is 0 Å². The van der Waals surface area contributed by atoms with E-state index in [4.69, 9.17) is 0 Å². The highest BCUT2D eigenvalue weighted by Crippen LogP contribution is 2.35. The molecule has 1 aliphatic rings. The van der Waals surface area contributed by atoms with Gasteiger partial charge in [0.1, 0.15) is 0 Å². The van der Waals surface area contributed by atoms with Gasteiger partial charge in [-0.05, 0) is 24.3 Å². The number of imide groups is 1. The average molecular weight is 277 g/mol. The monoisotopic (exact) mass is 277 g/mol. The highest BCUT2D eigenvalue weighted by molar-refractivity contribution is 5.99. The van der Waals surface area contributed by atoms with Gasteiger partial charge >= 0.3 is 0 Å². The van der Waals surface area contributed by atoms with Gasteiger partial charge in [-0.25, -0.2) is 0 Å². The van der Waals surface area contributed by atoms with E-state index >= 15 is 0 Å². The summed E-state index contributed by atoms with van der Waals surface area (Å²) in [7, 11) is 0. The minimum atomic E-state index is -0.178. The molecule has 5 nitrogen and oxygen atoms in total. The van der Waals surface area contributed by atoms with Crippen LogP contribution in [0.5, 0.6) is 0 Å². The molecule has 5 heteroatoms. The first-order valence-electron chi connectivity index (χ1n) is 7.37. The Morgan fingerprint density at radius 3 is 2.85 bits per heavy atom. The molecule has 1 aromatic rings. The summed E-state index contributed by atoms with van der Waals surface area (Å²) in [6.07, 6.45) is 5.97. The number of hydrogen-bond acceptors (Lipinski definition) is 3. The van der Waals surface area contributed by atoms with Gasteiger partial charge in [-0.3, -0.25) is 19.6 Å². The molecule has 2 atom stereocenters. The molecule has 1 saturated heterocycles. The van der Waals surface area contributed by atoms with Crippen molar-refractivity contribution in [1.29, 1.82) is 0 Å². The zero-order chi connectivity index (χ0) is 14.7. The van der Waals surface area contributed by atoms with Gasteiger partial charge in [-0.2, -0.15) is 5.10 Å². The molecule has 0 aliphatic carbocycles. The number of aromatic nitrogens is 2. The van der Waals surface area contributed by atoms with Crippen molar-refractivity contribution in [3.05, 3.63) is 18.0 Å². The van der Waals surface area contributed by atoms with Crippen molar-refractivity contribution in [2.24, 2.45) is 11.8 Å². The molecule has 2 amide bonds. The quantitative estimate of drug-likeness (QED) is 0.838. The predicted octanol–water partition coefficient (Wildman–Crippen LogP) is 2.09. The van der Waals surface area contributed by atoms with Crippen LogP contribution in [0, 0.1) is 11.8 Å². The molecule has 0 bridgehead atoms. The van der Waals surface area contributed by atoms with Crippen molar-refractivity contribution in [3.63, 3.8) is 0 Å². The van der Waals surface area contributed by atoms with Gasteiger partial charge in [0.05, 0.1) is 6.20 Å². The minimum Gasteiger partial charge on any atom is -0.296 e. The van der Waals surface area contributed by atoms with E-state index in [1.54, 1.807) is 6.20 Å². The van der Waals surface area contributed by atoms with Crippen molar-refractivity contribution >= 4 is 11.8 Å². The Labute approximate surface area is 119 Å². The number of nitrogens with one attached hydrogen (secondary N) is 1. The Morgan fingerprint density at radius 2 is 2.20 bits per heavy atom. The maximum atomic E-state index is 12.1. The summed E-state index contributed by atoms with van der Waals surface area (Å²) in [5.74, 6) is -0.0604. The number of carbonyl (C=O) groups excluding carboxylic acids is 2. The van der Waals surface area contributed by atoms with Gasteiger partial charge in [-0.15, -0.1) is 0 Å². The summed E-state index contributed by atoms with van der Waals surface area (Å²) in [5.41, 5.74) is 1.01.